The van der Waals surface area contributed by atoms with Gasteiger partial charge in [-0.15, -0.1) is 0 Å². The summed E-state index contributed by atoms with van der Waals surface area (Å²) < 4.78 is 24.8. The van der Waals surface area contributed by atoms with Crippen LogP contribution < -0.4 is 14.8 Å². The lowest BCUT2D eigenvalue weighted by atomic mass is 10.2. The van der Waals surface area contributed by atoms with E-state index in [1.165, 1.54) is 6.07 Å². The Balaban J connectivity index is 1.88. The van der Waals surface area contributed by atoms with Crippen LogP contribution in [0.25, 0.3) is 0 Å². The molecule has 2 aromatic carbocycles. The van der Waals surface area contributed by atoms with Gasteiger partial charge >= 0.3 is 0 Å². The first-order valence-corrected chi connectivity index (χ1v) is 7.90. The van der Waals surface area contributed by atoms with Crippen LogP contribution in [-0.2, 0) is 11.3 Å². The van der Waals surface area contributed by atoms with Gasteiger partial charge < -0.3 is 14.8 Å². The van der Waals surface area contributed by atoms with E-state index in [9.17, 15) is 9.18 Å². The smallest absolute Gasteiger partial charge is 0.261 e. The van der Waals surface area contributed by atoms with E-state index in [0.29, 0.717) is 11.3 Å². The summed E-state index contributed by atoms with van der Waals surface area (Å²) in [6, 6.07) is 13.8. The van der Waals surface area contributed by atoms with Gasteiger partial charge in [-0.25, -0.2) is 4.39 Å². The molecule has 0 aliphatic heterocycles. The second-order valence-corrected chi connectivity index (χ2v) is 5.72. The van der Waals surface area contributed by atoms with Crippen molar-refractivity contribution in [1.29, 1.82) is 0 Å². The maximum atomic E-state index is 13.9. The molecule has 0 saturated carbocycles. The van der Waals surface area contributed by atoms with Crippen LogP contribution in [0.4, 0.5) is 4.39 Å². The fourth-order valence-corrected chi connectivity index (χ4v) is 2.09. The Hall–Kier alpha value is -2.56. The number of nitrogens with one attached hydrogen (secondary N) is 1. The van der Waals surface area contributed by atoms with E-state index in [0.717, 1.165) is 0 Å². The predicted octanol–water partition coefficient (Wildman–Crippen LogP) is 3.70. The highest BCUT2D eigenvalue weighted by atomic mass is 19.1. The maximum absolute atomic E-state index is 13.9. The summed E-state index contributed by atoms with van der Waals surface area (Å²) in [5, 5.41) is 2.74. The van der Waals surface area contributed by atoms with Crippen molar-refractivity contribution in [2.24, 2.45) is 0 Å². The van der Waals surface area contributed by atoms with Crippen molar-refractivity contribution < 1.29 is 18.7 Å². The molecule has 128 valence electrons. The molecule has 0 aromatic heterocycles. The lowest BCUT2D eigenvalue weighted by Gasteiger charge is -2.15. The number of rotatable bonds is 7. The number of para-hydroxylation sites is 1. The van der Waals surface area contributed by atoms with Crippen molar-refractivity contribution in [2.45, 2.75) is 39.5 Å². The summed E-state index contributed by atoms with van der Waals surface area (Å²) in [6.45, 7) is 5.56. The number of benzene rings is 2. The second-order valence-electron chi connectivity index (χ2n) is 5.72. The van der Waals surface area contributed by atoms with Gasteiger partial charge in [0.25, 0.3) is 5.91 Å². The summed E-state index contributed by atoms with van der Waals surface area (Å²) in [5.74, 6) is 0.132. The molecule has 0 aliphatic carbocycles. The normalized spacial score (nSPS) is 11.9. The van der Waals surface area contributed by atoms with E-state index in [1.807, 2.05) is 32.0 Å². The van der Waals surface area contributed by atoms with E-state index < -0.39 is 11.9 Å². The Morgan fingerprint density at radius 2 is 1.79 bits per heavy atom. The molecule has 0 bridgehead atoms. The van der Waals surface area contributed by atoms with Crippen molar-refractivity contribution in [2.75, 3.05) is 0 Å². The summed E-state index contributed by atoms with van der Waals surface area (Å²) in [7, 11) is 0. The van der Waals surface area contributed by atoms with Crippen molar-refractivity contribution in [3.05, 3.63) is 59.9 Å². The van der Waals surface area contributed by atoms with Gasteiger partial charge in [0.2, 0.25) is 0 Å². The number of hydrogen-bond donors (Lipinski definition) is 1. The molecule has 0 aliphatic rings. The summed E-state index contributed by atoms with van der Waals surface area (Å²) >= 11 is 0. The second kappa shape index (κ2) is 8.34. The molecular weight excluding hydrogens is 309 g/mol. The maximum Gasteiger partial charge on any atom is 0.261 e. The first-order chi connectivity index (χ1) is 11.5. The molecule has 2 aromatic rings. The van der Waals surface area contributed by atoms with Crippen LogP contribution in [0.2, 0.25) is 0 Å². The van der Waals surface area contributed by atoms with Gasteiger partial charge in [0, 0.05) is 6.54 Å². The van der Waals surface area contributed by atoms with Crippen molar-refractivity contribution >= 4 is 5.91 Å². The highest BCUT2D eigenvalue weighted by Crippen LogP contribution is 2.19. The third kappa shape index (κ3) is 5.26. The zero-order valence-corrected chi connectivity index (χ0v) is 14.1. The lowest BCUT2D eigenvalue weighted by Crippen LogP contribution is -2.35. The molecule has 5 heteroatoms. The molecule has 4 nitrogen and oxygen atoms in total. The first kappa shape index (κ1) is 17.8. The summed E-state index contributed by atoms with van der Waals surface area (Å²) in [4.78, 5) is 12.1. The first-order valence-electron chi connectivity index (χ1n) is 7.90. The average molecular weight is 331 g/mol. The van der Waals surface area contributed by atoms with Gasteiger partial charge in [0.05, 0.1) is 6.10 Å². The molecular formula is C19H22FNO3. The van der Waals surface area contributed by atoms with Crippen LogP contribution in [0.5, 0.6) is 11.5 Å². The molecule has 24 heavy (non-hydrogen) atoms. The van der Waals surface area contributed by atoms with Gasteiger partial charge in [-0.1, -0.05) is 24.3 Å². The van der Waals surface area contributed by atoms with Crippen molar-refractivity contribution in [1.82, 2.24) is 5.32 Å². The van der Waals surface area contributed by atoms with Gasteiger partial charge in [-0.2, -0.15) is 0 Å². The zero-order valence-electron chi connectivity index (χ0n) is 14.1. The Morgan fingerprint density at radius 3 is 2.42 bits per heavy atom. The molecule has 0 unspecified atom stereocenters. The molecule has 0 spiro atoms. The van der Waals surface area contributed by atoms with Crippen molar-refractivity contribution in [3.63, 3.8) is 0 Å². The van der Waals surface area contributed by atoms with Crippen LogP contribution in [0.15, 0.2) is 48.5 Å². The van der Waals surface area contributed by atoms with Crippen LogP contribution in [-0.4, -0.2) is 18.1 Å². The Morgan fingerprint density at radius 1 is 1.08 bits per heavy atom. The molecule has 0 radical (unpaired) electrons. The molecule has 0 fully saturated rings. The standard InChI is InChI=1S/C19H22FNO3/c1-13(2)23-18-10-9-15(11-17(18)20)12-21-19(22)14(3)24-16-7-5-4-6-8-16/h4-11,13-14H,12H2,1-3H3,(H,21,22)/t14-/m1/s1. The van der Waals surface area contributed by atoms with E-state index in [1.54, 1.807) is 31.2 Å². The fraction of sp³-hybridized carbons (Fsp3) is 0.316. The molecule has 1 atom stereocenters. The van der Waals surface area contributed by atoms with E-state index in [2.05, 4.69) is 5.32 Å². The summed E-state index contributed by atoms with van der Waals surface area (Å²) in [5.41, 5.74) is 0.656. The average Bonchev–Trinajstić information content (AvgIpc) is 2.55. The third-order valence-electron chi connectivity index (χ3n) is 3.25. The molecule has 2 rings (SSSR count). The largest absolute Gasteiger partial charge is 0.488 e. The fourth-order valence-electron chi connectivity index (χ4n) is 2.09. The van der Waals surface area contributed by atoms with Crippen LogP contribution in [0, 0.1) is 5.82 Å². The number of halogens is 1. The molecule has 0 saturated heterocycles. The van der Waals surface area contributed by atoms with Crippen LogP contribution >= 0.6 is 0 Å². The topological polar surface area (TPSA) is 47.6 Å². The monoisotopic (exact) mass is 331 g/mol. The van der Waals surface area contributed by atoms with Crippen LogP contribution in [0.3, 0.4) is 0 Å². The zero-order chi connectivity index (χ0) is 17.5. The quantitative estimate of drug-likeness (QED) is 0.841. The van der Waals surface area contributed by atoms with Gasteiger partial charge in [0.15, 0.2) is 17.7 Å². The SMILES string of the molecule is CC(C)Oc1ccc(CNC(=O)[C@@H](C)Oc2ccccc2)cc1F. The third-order valence-corrected chi connectivity index (χ3v) is 3.25. The minimum atomic E-state index is -0.638. The van der Waals surface area contributed by atoms with Gasteiger partial charge in [-0.05, 0) is 50.6 Å². The Labute approximate surface area is 141 Å². The summed E-state index contributed by atoms with van der Waals surface area (Å²) in [6.07, 6.45) is -0.734. The number of ether oxygens (including phenoxy) is 2. The van der Waals surface area contributed by atoms with E-state index in [4.69, 9.17) is 9.47 Å². The van der Waals surface area contributed by atoms with E-state index >= 15 is 0 Å². The van der Waals surface area contributed by atoms with Crippen LogP contribution in [0.1, 0.15) is 26.3 Å². The van der Waals surface area contributed by atoms with Gasteiger partial charge in [0.1, 0.15) is 5.75 Å². The lowest BCUT2D eigenvalue weighted by molar-refractivity contribution is -0.127. The van der Waals surface area contributed by atoms with E-state index in [-0.39, 0.29) is 24.3 Å². The number of hydrogen-bond acceptors (Lipinski definition) is 3. The highest BCUT2D eigenvalue weighted by Gasteiger charge is 2.14. The molecule has 1 amide bonds. The highest BCUT2D eigenvalue weighted by molar-refractivity contribution is 5.80. The predicted molar refractivity (Wildman–Crippen MR) is 90.5 cm³/mol. The molecule has 0 heterocycles. The minimum absolute atomic E-state index is 0.0963. The number of amides is 1. The minimum Gasteiger partial charge on any atom is -0.488 e. The Kier molecular flexibility index (Phi) is 6.18. The number of carbonyl (C=O) groups is 1. The molecule has 1 N–H and O–H groups in total. The number of carbonyl (C=O) groups excluding carboxylic acids is 1. The van der Waals surface area contributed by atoms with Crippen molar-refractivity contribution in [3.8, 4) is 11.5 Å². The van der Waals surface area contributed by atoms with Gasteiger partial charge in [-0.3, -0.25) is 4.79 Å². The Bertz CT molecular complexity index is 674.